The number of halogens is 1. The molecule has 0 saturated carbocycles. The number of carbonyl (C=O) groups excluding carboxylic acids is 2. The molecule has 1 amide bonds. The summed E-state index contributed by atoms with van der Waals surface area (Å²) < 4.78 is 5.45. The second-order valence-corrected chi connectivity index (χ2v) is 6.13. The first-order valence-electron chi connectivity index (χ1n) is 7.94. The Morgan fingerprint density at radius 3 is 2.83 bits per heavy atom. The minimum Gasteiger partial charge on any atom is -0.483 e. The van der Waals surface area contributed by atoms with Crippen LogP contribution in [0.25, 0.3) is 0 Å². The molecule has 0 heterocycles. The molecule has 0 bridgehead atoms. The van der Waals surface area contributed by atoms with E-state index in [-0.39, 0.29) is 18.3 Å². The Kier molecular flexibility index (Phi) is 6.66. The molecule has 0 aliphatic heterocycles. The molecular weight excluding hydrogens is 314 g/mol. The quantitative estimate of drug-likeness (QED) is 0.606. The summed E-state index contributed by atoms with van der Waals surface area (Å²) in [6.07, 6.45) is 7.97. The molecule has 124 valence electrons. The molecule has 2 rings (SSSR count). The lowest BCUT2D eigenvalue weighted by molar-refractivity contribution is -0.123. The van der Waals surface area contributed by atoms with E-state index in [0.717, 1.165) is 19.3 Å². The molecule has 0 radical (unpaired) electrons. The zero-order valence-corrected chi connectivity index (χ0v) is 14.1. The number of nitrogens with one attached hydrogen (secondary N) is 1. The van der Waals surface area contributed by atoms with Crippen LogP contribution in [0.2, 0.25) is 5.02 Å². The van der Waals surface area contributed by atoms with Gasteiger partial charge in [-0.1, -0.05) is 23.3 Å². The number of allylic oxidation sites excluding steroid dienone is 1. The van der Waals surface area contributed by atoms with Crippen LogP contribution in [-0.2, 0) is 4.79 Å². The molecule has 0 fully saturated rings. The summed E-state index contributed by atoms with van der Waals surface area (Å²) in [6.45, 7) is 1.95. The van der Waals surface area contributed by atoms with Crippen molar-refractivity contribution in [2.75, 3.05) is 13.2 Å². The Morgan fingerprint density at radius 1 is 1.30 bits per heavy atom. The maximum absolute atomic E-state index is 11.8. The van der Waals surface area contributed by atoms with Crippen molar-refractivity contribution in [2.24, 2.45) is 0 Å². The third kappa shape index (κ3) is 5.71. The summed E-state index contributed by atoms with van der Waals surface area (Å²) in [5.41, 5.74) is 1.81. The van der Waals surface area contributed by atoms with Gasteiger partial charge in [0.25, 0.3) is 5.91 Å². The van der Waals surface area contributed by atoms with E-state index in [1.165, 1.54) is 25.3 Å². The third-order valence-corrected chi connectivity index (χ3v) is 4.07. The van der Waals surface area contributed by atoms with Gasteiger partial charge in [0.05, 0.1) is 5.56 Å². The van der Waals surface area contributed by atoms with Crippen molar-refractivity contribution in [3.8, 4) is 5.75 Å². The van der Waals surface area contributed by atoms with Crippen LogP contribution < -0.4 is 10.1 Å². The van der Waals surface area contributed by atoms with Crippen LogP contribution in [0, 0.1) is 0 Å². The van der Waals surface area contributed by atoms with E-state index in [9.17, 15) is 9.59 Å². The summed E-state index contributed by atoms with van der Waals surface area (Å²) in [7, 11) is 0. The zero-order chi connectivity index (χ0) is 16.7. The molecule has 1 aliphatic rings. The molecule has 0 unspecified atom stereocenters. The number of amides is 1. The number of ketones is 1. The van der Waals surface area contributed by atoms with Gasteiger partial charge < -0.3 is 10.1 Å². The lowest BCUT2D eigenvalue weighted by Gasteiger charge is -2.13. The van der Waals surface area contributed by atoms with Gasteiger partial charge in [0, 0.05) is 11.6 Å². The van der Waals surface area contributed by atoms with Crippen molar-refractivity contribution in [1.29, 1.82) is 0 Å². The summed E-state index contributed by atoms with van der Waals surface area (Å²) in [5.74, 6) is 0.0463. The molecule has 23 heavy (non-hydrogen) atoms. The van der Waals surface area contributed by atoms with E-state index in [1.807, 2.05) is 0 Å². The van der Waals surface area contributed by atoms with Gasteiger partial charge in [-0.15, -0.1) is 0 Å². The van der Waals surface area contributed by atoms with Crippen LogP contribution in [0.1, 0.15) is 49.4 Å². The molecule has 1 aliphatic carbocycles. The van der Waals surface area contributed by atoms with Crippen molar-refractivity contribution in [1.82, 2.24) is 5.32 Å². The molecule has 0 aromatic heterocycles. The van der Waals surface area contributed by atoms with E-state index in [4.69, 9.17) is 16.3 Å². The highest BCUT2D eigenvalue weighted by Gasteiger charge is 2.11. The van der Waals surface area contributed by atoms with Gasteiger partial charge in [-0.05, 0) is 57.2 Å². The van der Waals surface area contributed by atoms with Crippen LogP contribution >= 0.6 is 11.6 Å². The fourth-order valence-corrected chi connectivity index (χ4v) is 2.76. The summed E-state index contributed by atoms with van der Waals surface area (Å²) >= 11 is 5.87. The summed E-state index contributed by atoms with van der Waals surface area (Å²) in [4.78, 5) is 23.4. The average Bonchev–Trinajstić information content (AvgIpc) is 2.54. The van der Waals surface area contributed by atoms with Gasteiger partial charge in [0.2, 0.25) is 0 Å². The molecule has 0 atom stereocenters. The van der Waals surface area contributed by atoms with E-state index < -0.39 is 0 Å². The van der Waals surface area contributed by atoms with E-state index in [2.05, 4.69) is 11.4 Å². The summed E-state index contributed by atoms with van der Waals surface area (Å²) in [6, 6.07) is 4.79. The molecule has 1 aromatic rings. The number of benzene rings is 1. The van der Waals surface area contributed by atoms with Gasteiger partial charge in [0.1, 0.15) is 5.75 Å². The largest absolute Gasteiger partial charge is 0.483 e. The fourth-order valence-electron chi connectivity index (χ4n) is 2.59. The second kappa shape index (κ2) is 8.73. The maximum Gasteiger partial charge on any atom is 0.257 e. The zero-order valence-electron chi connectivity index (χ0n) is 13.4. The number of rotatable bonds is 7. The van der Waals surface area contributed by atoms with Gasteiger partial charge in [-0.25, -0.2) is 0 Å². The van der Waals surface area contributed by atoms with Crippen molar-refractivity contribution in [3.05, 3.63) is 40.4 Å². The third-order valence-electron chi connectivity index (χ3n) is 3.83. The monoisotopic (exact) mass is 335 g/mol. The lowest BCUT2D eigenvalue weighted by atomic mass is 9.97. The van der Waals surface area contributed by atoms with Gasteiger partial charge in [-0.3, -0.25) is 9.59 Å². The smallest absolute Gasteiger partial charge is 0.257 e. The number of hydrogen-bond donors (Lipinski definition) is 1. The summed E-state index contributed by atoms with van der Waals surface area (Å²) in [5, 5.41) is 3.31. The first-order chi connectivity index (χ1) is 11.1. The lowest BCUT2D eigenvalue weighted by Crippen LogP contribution is -2.30. The number of hydrogen-bond acceptors (Lipinski definition) is 3. The predicted molar refractivity (Wildman–Crippen MR) is 91.1 cm³/mol. The Morgan fingerprint density at radius 2 is 2.13 bits per heavy atom. The second-order valence-electron chi connectivity index (χ2n) is 5.69. The van der Waals surface area contributed by atoms with Crippen LogP contribution in [-0.4, -0.2) is 24.8 Å². The molecule has 5 heteroatoms. The normalized spacial score (nSPS) is 14.1. The Labute approximate surface area is 141 Å². The van der Waals surface area contributed by atoms with E-state index >= 15 is 0 Å². The highest BCUT2D eigenvalue weighted by molar-refractivity contribution is 6.31. The molecule has 4 nitrogen and oxygen atoms in total. The van der Waals surface area contributed by atoms with E-state index in [0.29, 0.717) is 22.9 Å². The standard InChI is InChI=1S/C18H22ClNO3/c1-13(21)16-11-15(19)7-8-17(16)23-12-18(22)20-10-9-14-5-3-2-4-6-14/h5,7-8,11H,2-4,6,9-10,12H2,1H3,(H,20,22). The molecular formula is C18H22ClNO3. The van der Waals surface area contributed by atoms with Crippen molar-refractivity contribution < 1.29 is 14.3 Å². The molecule has 0 saturated heterocycles. The van der Waals surface area contributed by atoms with Gasteiger partial charge >= 0.3 is 0 Å². The number of Topliss-reactive ketones (excluding diaryl/α,β-unsaturated/α-hetero) is 1. The topological polar surface area (TPSA) is 55.4 Å². The van der Waals surface area contributed by atoms with Crippen LogP contribution in [0.3, 0.4) is 0 Å². The molecule has 1 aromatic carbocycles. The molecule has 1 N–H and O–H groups in total. The van der Waals surface area contributed by atoms with Crippen molar-refractivity contribution in [2.45, 2.75) is 39.0 Å². The minimum absolute atomic E-state index is 0.110. The Bertz CT molecular complexity index is 610. The Hall–Kier alpha value is -1.81. The van der Waals surface area contributed by atoms with Crippen LogP contribution in [0.15, 0.2) is 29.8 Å². The van der Waals surface area contributed by atoms with Crippen LogP contribution in [0.5, 0.6) is 5.75 Å². The maximum atomic E-state index is 11.8. The average molecular weight is 336 g/mol. The Balaban J connectivity index is 1.78. The molecule has 0 spiro atoms. The first kappa shape index (κ1) is 17.5. The van der Waals surface area contributed by atoms with Crippen molar-refractivity contribution in [3.63, 3.8) is 0 Å². The van der Waals surface area contributed by atoms with Crippen LogP contribution in [0.4, 0.5) is 0 Å². The van der Waals surface area contributed by atoms with E-state index in [1.54, 1.807) is 18.2 Å². The highest BCUT2D eigenvalue weighted by Crippen LogP contribution is 2.23. The predicted octanol–water partition coefficient (Wildman–Crippen LogP) is 3.93. The first-order valence-corrected chi connectivity index (χ1v) is 8.32. The fraction of sp³-hybridized carbons (Fsp3) is 0.444. The van der Waals surface area contributed by atoms with Crippen molar-refractivity contribution >= 4 is 23.3 Å². The van der Waals surface area contributed by atoms with Gasteiger partial charge in [-0.2, -0.15) is 0 Å². The highest BCUT2D eigenvalue weighted by atomic mass is 35.5. The SMILES string of the molecule is CC(=O)c1cc(Cl)ccc1OCC(=O)NCCC1=CCCCC1. The number of ether oxygens (including phenoxy) is 1. The van der Waals surface area contributed by atoms with Gasteiger partial charge in [0.15, 0.2) is 12.4 Å². The minimum atomic E-state index is -0.189. The number of carbonyl (C=O) groups is 2.